The molecule has 0 saturated heterocycles. The van der Waals surface area contributed by atoms with Crippen molar-refractivity contribution >= 4 is 0 Å². The summed E-state index contributed by atoms with van der Waals surface area (Å²) < 4.78 is 0. The topological polar surface area (TPSA) is 26.0 Å². The molecule has 17 heavy (non-hydrogen) atoms. The maximum absolute atomic E-state index is 6.37. The van der Waals surface area contributed by atoms with Gasteiger partial charge in [-0.3, -0.25) is 0 Å². The van der Waals surface area contributed by atoms with Crippen molar-refractivity contribution in [1.29, 1.82) is 0 Å². The Bertz CT molecular complexity index is 216. The molecule has 1 rings (SSSR count). The molecule has 1 fully saturated rings. The van der Waals surface area contributed by atoms with Crippen LogP contribution in [0.1, 0.15) is 79.6 Å². The van der Waals surface area contributed by atoms with E-state index in [1.165, 1.54) is 44.9 Å². The van der Waals surface area contributed by atoms with E-state index < -0.39 is 0 Å². The summed E-state index contributed by atoms with van der Waals surface area (Å²) in [5, 5.41) is 0. The fourth-order valence-electron chi connectivity index (χ4n) is 3.64. The lowest BCUT2D eigenvalue weighted by Gasteiger charge is -2.13. The summed E-state index contributed by atoms with van der Waals surface area (Å²) >= 11 is 0. The lowest BCUT2D eigenvalue weighted by molar-refractivity contribution is 0.435. The predicted molar refractivity (Wildman–Crippen MR) is 77.0 cm³/mol. The predicted octanol–water partition coefficient (Wildman–Crippen LogP) is 4.75. The fraction of sp³-hybridized carbons (Fsp3) is 1.00. The lowest BCUT2D eigenvalue weighted by atomic mass is 9.98. The molecule has 0 radical (unpaired) electrons. The molecule has 0 amide bonds. The smallest absolute Gasteiger partial charge is 0.00777 e. The highest BCUT2D eigenvalue weighted by Gasteiger charge is 2.66. The van der Waals surface area contributed by atoms with E-state index >= 15 is 0 Å². The highest BCUT2D eigenvalue weighted by molar-refractivity contribution is 5.15. The second-order valence-corrected chi connectivity index (χ2v) is 7.14. The molecule has 0 aromatic carbocycles. The Balaban J connectivity index is 2.13. The molecular weight excluding hydrogens is 206 g/mol. The standard InChI is InChI=1S/C16H33N/c1-6-7-8-9-10-11-12-13(17)14-15(2,3)16(14,4)5/h13-14H,6-12,17H2,1-5H3. The molecule has 0 spiro atoms. The molecule has 0 aromatic heterocycles. The van der Waals surface area contributed by atoms with Gasteiger partial charge in [0.2, 0.25) is 0 Å². The molecule has 0 heterocycles. The number of rotatable bonds is 8. The van der Waals surface area contributed by atoms with E-state index in [0.29, 0.717) is 16.9 Å². The van der Waals surface area contributed by atoms with Gasteiger partial charge < -0.3 is 5.73 Å². The third-order valence-corrected chi connectivity index (χ3v) is 5.45. The molecule has 0 aromatic rings. The van der Waals surface area contributed by atoms with E-state index in [1.807, 2.05) is 0 Å². The quantitative estimate of drug-likeness (QED) is 0.608. The van der Waals surface area contributed by atoms with Gasteiger partial charge in [-0.15, -0.1) is 0 Å². The molecule has 0 bridgehead atoms. The SMILES string of the molecule is CCCCCCCCC(N)C1C(C)(C)C1(C)C. The summed E-state index contributed by atoms with van der Waals surface area (Å²) in [5.74, 6) is 0.727. The minimum atomic E-state index is 0.422. The van der Waals surface area contributed by atoms with Crippen molar-refractivity contribution in [2.75, 3.05) is 0 Å². The van der Waals surface area contributed by atoms with Crippen LogP contribution in [0, 0.1) is 16.7 Å². The van der Waals surface area contributed by atoms with Gasteiger partial charge in [-0.05, 0) is 23.2 Å². The first kappa shape index (κ1) is 15.0. The van der Waals surface area contributed by atoms with Crippen LogP contribution in [0.25, 0.3) is 0 Å². The third kappa shape index (κ3) is 3.24. The van der Waals surface area contributed by atoms with Crippen molar-refractivity contribution in [1.82, 2.24) is 0 Å². The van der Waals surface area contributed by atoms with Gasteiger partial charge in [0.25, 0.3) is 0 Å². The van der Waals surface area contributed by atoms with Gasteiger partial charge in [-0.25, -0.2) is 0 Å². The number of hydrogen-bond donors (Lipinski definition) is 1. The molecule has 1 atom stereocenters. The van der Waals surface area contributed by atoms with Gasteiger partial charge in [0.15, 0.2) is 0 Å². The molecule has 1 aliphatic rings. The number of unbranched alkanes of at least 4 members (excludes halogenated alkanes) is 5. The Morgan fingerprint density at radius 2 is 1.35 bits per heavy atom. The van der Waals surface area contributed by atoms with Gasteiger partial charge in [-0.1, -0.05) is 73.1 Å². The largest absolute Gasteiger partial charge is 0.327 e. The minimum Gasteiger partial charge on any atom is -0.327 e. The van der Waals surface area contributed by atoms with Crippen molar-refractivity contribution < 1.29 is 0 Å². The van der Waals surface area contributed by atoms with Crippen LogP contribution in [0.3, 0.4) is 0 Å². The molecule has 1 nitrogen and oxygen atoms in total. The van der Waals surface area contributed by atoms with Crippen LogP contribution in [0.5, 0.6) is 0 Å². The Kier molecular flexibility index (Phi) is 5.07. The van der Waals surface area contributed by atoms with Gasteiger partial charge in [0.1, 0.15) is 0 Å². The van der Waals surface area contributed by atoms with E-state index in [0.717, 1.165) is 5.92 Å². The molecule has 1 unspecified atom stereocenters. The Morgan fingerprint density at radius 3 is 1.82 bits per heavy atom. The highest BCUT2D eigenvalue weighted by atomic mass is 14.8. The summed E-state index contributed by atoms with van der Waals surface area (Å²) in [6.07, 6.45) is 9.47. The van der Waals surface area contributed by atoms with Crippen LogP contribution in [-0.4, -0.2) is 6.04 Å². The average Bonchev–Trinajstić information content (AvgIpc) is 2.63. The zero-order chi connectivity index (χ0) is 13.1. The average molecular weight is 239 g/mol. The summed E-state index contributed by atoms with van der Waals surface area (Å²) in [5.41, 5.74) is 7.28. The Morgan fingerprint density at radius 1 is 0.882 bits per heavy atom. The van der Waals surface area contributed by atoms with Crippen molar-refractivity contribution in [2.24, 2.45) is 22.5 Å². The van der Waals surface area contributed by atoms with Crippen molar-refractivity contribution in [3.8, 4) is 0 Å². The van der Waals surface area contributed by atoms with Crippen molar-refractivity contribution in [3.05, 3.63) is 0 Å². The number of hydrogen-bond acceptors (Lipinski definition) is 1. The lowest BCUT2D eigenvalue weighted by Crippen LogP contribution is -2.25. The summed E-state index contributed by atoms with van der Waals surface area (Å²) in [7, 11) is 0. The highest BCUT2D eigenvalue weighted by Crippen LogP contribution is 2.69. The summed E-state index contributed by atoms with van der Waals surface area (Å²) in [6.45, 7) is 11.8. The summed E-state index contributed by atoms with van der Waals surface area (Å²) in [4.78, 5) is 0. The molecule has 1 aliphatic carbocycles. The van der Waals surface area contributed by atoms with Crippen LogP contribution >= 0.6 is 0 Å². The van der Waals surface area contributed by atoms with Crippen LogP contribution in [0.4, 0.5) is 0 Å². The van der Waals surface area contributed by atoms with Gasteiger partial charge in [0, 0.05) is 6.04 Å². The minimum absolute atomic E-state index is 0.422. The van der Waals surface area contributed by atoms with Gasteiger partial charge in [0.05, 0.1) is 0 Å². The molecule has 1 heteroatoms. The molecule has 102 valence electrons. The molecule has 1 saturated carbocycles. The number of nitrogens with two attached hydrogens (primary N) is 1. The van der Waals surface area contributed by atoms with Crippen LogP contribution in [-0.2, 0) is 0 Å². The van der Waals surface area contributed by atoms with Crippen molar-refractivity contribution in [3.63, 3.8) is 0 Å². The van der Waals surface area contributed by atoms with Crippen LogP contribution in [0.15, 0.2) is 0 Å². The first-order valence-corrected chi connectivity index (χ1v) is 7.61. The monoisotopic (exact) mass is 239 g/mol. The first-order valence-electron chi connectivity index (χ1n) is 7.61. The van der Waals surface area contributed by atoms with E-state index in [1.54, 1.807) is 0 Å². The fourth-order valence-corrected chi connectivity index (χ4v) is 3.64. The molecular formula is C16H33N. The Hall–Kier alpha value is -0.0400. The molecule has 2 N–H and O–H groups in total. The van der Waals surface area contributed by atoms with E-state index in [4.69, 9.17) is 5.73 Å². The maximum Gasteiger partial charge on any atom is 0.00777 e. The van der Waals surface area contributed by atoms with E-state index in [-0.39, 0.29) is 0 Å². The zero-order valence-electron chi connectivity index (χ0n) is 12.7. The third-order valence-electron chi connectivity index (χ3n) is 5.45. The maximum atomic E-state index is 6.37. The van der Waals surface area contributed by atoms with Gasteiger partial charge >= 0.3 is 0 Å². The van der Waals surface area contributed by atoms with E-state index in [2.05, 4.69) is 34.6 Å². The molecule has 0 aliphatic heterocycles. The van der Waals surface area contributed by atoms with Crippen LogP contribution < -0.4 is 5.73 Å². The zero-order valence-corrected chi connectivity index (χ0v) is 12.7. The van der Waals surface area contributed by atoms with E-state index in [9.17, 15) is 0 Å². The van der Waals surface area contributed by atoms with Crippen molar-refractivity contribution in [2.45, 2.75) is 85.6 Å². The first-order chi connectivity index (χ1) is 7.85. The summed E-state index contributed by atoms with van der Waals surface area (Å²) in [6, 6.07) is 0.422. The van der Waals surface area contributed by atoms with Gasteiger partial charge in [-0.2, -0.15) is 0 Å². The second-order valence-electron chi connectivity index (χ2n) is 7.14. The Labute approximate surface area is 109 Å². The normalized spacial score (nSPS) is 23.6. The second kappa shape index (κ2) is 5.73. The van der Waals surface area contributed by atoms with Crippen LogP contribution in [0.2, 0.25) is 0 Å².